The smallest absolute Gasteiger partial charge is 0.328 e. The van der Waals surface area contributed by atoms with Gasteiger partial charge in [-0.05, 0) is 36.6 Å². The summed E-state index contributed by atoms with van der Waals surface area (Å²) in [6.07, 6.45) is 1.77. The van der Waals surface area contributed by atoms with Gasteiger partial charge in [-0.15, -0.1) is 0 Å². The van der Waals surface area contributed by atoms with Crippen molar-refractivity contribution in [3.63, 3.8) is 0 Å². The molecule has 2 aromatic carbocycles. The summed E-state index contributed by atoms with van der Waals surface area (Å²) in [6, 6.07) is 12.8. The van der Waals surface area contributed by atoms with Crippen LogP contribution in [0.4, 0.5) is 0 Å². The van der Waals surface area contributed by atoms with Crippen molar-refractivity contribution in [3.8, 4) is 17.2 Å². The first-order valence-electron chi connectivity index (χ1n) is 8.70. The van der Waals surface area contributed by atoms with Gasteiger partial charge in [0.1, 0.15) is 29.4 Å². The highest BCUT2D eigenvalue weighted by Gasteiger charge is 2.18. The maximum absolute atomic E-state index is 12.6. The first-order valence-corrected chi connectivity index (χ1v) is 8.70. The number of hydrogen-bond donors (Lipinski definition) is 1. The van der Waals surface area contributed by atoms with Gasteiger partial charge in [0.15, 0.2) is 0 Å². The second-order valence-electron chi connectivity index (χ2n) is 6.66. The van der Waals surface area contributed by atoms with E-state index in [4.69, 9.17) is 19.6 Å². The molecule has 6 nitrogen and oxygen atoms in total. The molecule has 3 aromatic rings. The number of para-hydroxylation sites is 1. The van der Waals surface area contributed by atoms with Crippen molar-refractivity contribution in [1.29, 1.82) is 0 Å². The molecule has 1 unspecified atom stereocenters. The largest absolute Gasteiger partial charge is 0.460 e. The summed E-state index contributed by atoms with van der Waals surface area (Å²) in [7, 11) is 0. The van der Waals surface area contributed by atoms with E-state index in [1.54, 1.807) is 12.1 Å². The average molecular weight is 367 g/mol. The molecular formula is C21H21NO5. The number of hydrogen-bond acceptors (Lipinski definition) is 6. The molecule has 0 radical (unpaired) electrons. The molecule has 3 rings (SSSR count). The number of nitrogens with two attached hydrogens (primary N) is 1. The zero-order valence-electron chi connectivity index (χ0n) is 15.2. The van der Waals surface area contributed by atoms with Crippen LogP contribution >= 0.6 is 0 Å². The average Bonchev–Trinajstić information content (AvgIpc) is 2.64. The molecule has 140 valence electrons. The van der Waals surface area contributed by atoms with Crippen molar-refractivity contribution >= 4 is 16.9 Å². The highest BCUT2D eigenvalue weighted by molar-refractivity contribution is 5.82. The Bertz CT molecular complexity index is 994. The molecule has 0 bridgehead atoms. The number of fused-ring (bicyclic) bond motifs is 1. The lowest BCUT2D eigenvalue weighted by Gasteiger charge is -2.13. The Morgan fingerprint density at radius 3 is 2.56 bits per heavy atom. The fraction of sp³-hybridized carbons (Fsp3) is 0.238. The first kappa shape index (κ1) is 18.7. The van der Waals surface area contributed by atoms with Crippen molar-refractivity contribution in [2.75, 3.05) is 0 Å². The van der Waals surface area contributed by atoms with Crippen molar-refractivity contribution in [1.82, 2.24) is 0 Å². The van der Waals surface area contributed by atoms with Crippen LogP contribution in [0.25, 0.3) is 11.0 Å². The van der Waals surface area contributed by atoms with Gasteiger partial charge < -0.3 is 19.6 Å². The van der Waals surface area contributed by atoms with Gasteiger partial charge in [-0.2, -0.15) is 0 Å². The quantitative estimate of drug-likeness (QED) is 0.525. The third-order valence-corrected chi connectivity index (χ3v) is 3.93. The van der Waals surface area contributed by atoms with Crippen LogP contribution in [0.2, 0.25) is 0 Å². The Hall–Kier alpha value is -3.12. The number of ether oxygens (including phenoxy) is 2. The highest BCUT2D eigenvalue weighted by atomic mass is 16.5. The van der Waals surface area contributed by atoms with Gasteiger partial charge in [0, 0.05) is 6.07 Å². The van der Waals surface area contributed by atoms with E-state index < -0.39 is 12.0 Å². The second kappa shape index (κ2) is 8.05. The SMILES string of the molecule is CC(C)CC(N)C(=O)Oc1ccc2c(=O)c(Oc3ccccc3)coc2c1. The summed E-state index contributed by atoms with van der Waals surface area (Å²) in [5, 5.41) is 0.328. The minimum absolute atomic E-state index is 0.0809. The zero-order valence-corrected chi connectivity index (χ0v) is 15.2. The summed E-state index contributed by atoms with van der Waals surface area (Å²) in [5.41, 5.74) is 5.82. The monoisotopic (exact) mass is 367 g/mol. The second-order valence-corrected chi connectivity index (χ2v) is 6.66. The minimum atomic E-state index is -0.700. The lowest BCUT2D eigenvalue weighted by Crippen LogP contribution is -2.35. The van der Waals surface area contributed by atoms with E-state index in [9.17, 15) is 9.59 Å². The number of carbonyl (C=O) groups excluding carboxylic acids is 1. The fourth-order valence-corrected chi connectivity index (χ4v) is 2.64. The molecule has 0 spiro atoms. The summed E-state index contributed by atoms with van der Waals surface area (Å²) in [6.45, 7) is 3.96. The molecule has 6 heteroatoms. The Balaban J connectivity index is 1.81. The zero-order chi connectivity index (χ0) is 19.4. The number of benzene rings is 2. The van der Waals surface area contributed by atoms with E-state index in [0.29, 0.717) is 23.1 Å². The molecule has 0 aliphatic heterocycles. The van der Waals surface area contributed by atoms with Crippen LogP contribution in [0.15, 0.2) is 64.0 Å². The van der Waals surface area contributed by atoms with Gasteiger partial charge in [-0.1, -0.05) is 32.0 Å². The lowest BCUT2D eigenvalue weighted by atomic mass is 10.1. The molecule has 0 fully saturated rings. The van der Waals surface area contributed by atoms with Gasteiger partial charge in [0.05, 0.1) is 5.39 Å². The molecule has 0 amide bonds. The fourth-order valence-electron chi connectivity index (χ4n) is 2.64. The van der Waals surface area contributed by atoms with E-state index in [-0.39, 0.29) is 22.8 Å². The number of esters is 1. The Kier molecular flexibility index (Phi) is 5.57. The molecule has 0 aliphatic carbocycles. The van der Waals surface area contributed by atoms with Crippen molar-refractivity contribution in [3.05, 3.63) is 65.0 Å². The molecule has 0 saturated carbocycles. The maximum Gasteiger partial charge on any atom is 0.328 e. The third-order valence-electron chi connectivity index (χ3n) is 3.93. The van der Waals surface area contributed by atoms with Crippen LogP contribution < -0.4 is 20.6 Å². The Morgan fingerprint density at radius 2 is 1.85 bits per heavy atom. The molecule has 27 heavy (non-hydrogen) atoms. The van der Waals surface area contributed by atoms with E-state index in [2.05, 4.69) is 0 Å². The van der Waals surface area contributed by atoms with Crippen LogP contribution in [-0.2, 0) is 4.79 Å². The molecule has 0 saturated heterocycles. The molecule has 1 heterocycles. The maximum atomic E-state index is 12.6. The van der Waals surface area contributed by atoms with E-state index in [1.807, 2.05) is 32.0 Å². The first-order chi connectivity index (χ1) is 12.9. The third kappa shape index (κ3) is 4.54. The van der Waals surface area contributed by atoms with E-state index in [0.717, 1.165) is 0 Å². The van der Waals surface area contributed by atoms with Crippen molar-refractivity contribution in [2.24, 2.45) is 11.7 Å². The number of carbonyl (C=O) groups is 1. The molecular weight excluding hydrogens is 346 g/mol. The predicted octanol–water partition coefficient (Wildman–Crippen LogP) is 3.86. The van der Waals surface area contributed by atoms with E-state index in [1.165, 1.54) is 24.5 Å². The Labute approximate surface area is 156 Å². The minimum Gasteiger partial charge on any atom is -0.460 e. The van der Waals surface area contributed by atoms with Crippen LogP contribution in [0.3, 0.4) is 0 Å². The highest BCUT2D eigenvalue weighted by Crippen LogP contribution is 2.24. The molecule has 1 aromatic heterocycles. The summed E-state index contributed by atoms with van der Waals surface area (Å²) >= 11 is 0. The van der Waals surface area contributed by atoms with Crippen LogP contribution in [0, 0.1) is 5.92 Å². The summed E-state index contributed by atoms with van der Waals surface area (Å²) < 4.78 is 16.4. The summed E-state index contributed by atoms with van der Waals surface area (Å²) in [4.78, 5) is 24.6. The lowest BCUT2D eigenvalue weighted by molar-refractivity contribution is -0.136. The van der Waals surface area contributed by atoms with Gasteiger partial charge in [-0.25, -0.2) is 4.79 Å². The molecule has 0 aliphatic rings. The standard InChI is InChI=1S/C21H21NO5/c1-13(2)10-17(22)21(24)27-15-8-9-16-18(11-15)25-12-19(20(16)23)26-14-6-4-3-5-7-14/h3-9,11-13,17H,10,22H2,1-2H3. The van der Waals surface area contributed by atoms with Gasteiger partial charge in [-0.3, -0.25) is 4.79 Å². The normalized spacial score (nSPS) is 12.1. The van der Waals surface area contributed by atoms with Gasteiger partial charge >= 0.3 is 5.97 Å². The topological polar surface area (TPSA) is 91.8 Å². The Morgan fingerprint density at radius 1 is 1.11 bits per heavy atom. The van der Waals surface area contributed by atoms with Crippen LogP contribution in [-0.4, -0.2) is 12.0 Å². The van der Waals surface area contributed by atoms with Crippen LogP contribution in [0.1, 0.15) is 20.3 Å². The molecule has 1 atom stereocenters. The van der Waals surface area contributed by atoms with Crippen molar-refractivity contribution in [2.45, 2.75) is 26.3 Å². The van der Waals surface area contributed by atoms with Gasteiger partial charge in [0.2, 0.25) is 11.2 Å². The number of rotatable bonds is 6. The van der Waals surface area contributed by atoms with Gasteiger partial charge in [0.25, 0.3) is 0 Å². The van der Waals surface area contributed by atoms with Crippen LogP contribution in [0.5, 0.6) is 17.2 Å². The van der Waals surface area contributed by atoms with Crippen molar-refractivity contribution < 1.29 is 18.7 Å². The molecule has 2 N–H and O–H groups in total. The summed E-state index contributed by atoms with van der Waals surface area (Å²) in [5.74, 6) is 0.650. The van der Waals surface area contributed by atoms with E-state index >= 15 is 0 Å². The predicted molar refractivity (Wildman–Crippen MR) is 102 cm³/mol.